The molecule has 1 aliphatic rings. The highest BCUT2D eigenvalue weighted by molar-refractivity contribution is 6.39. The molecule has 1 aliphatic heterocycles. The summed E-state index contributed by atoms with van der Waals surface area (Å²) >= 11 is 0. The van der Waals surface area contributed by atoms with Crippen molar-refractivity contribution < 1.29 is 14.1 Å². The van der Waals surface area contributed by atoms with Gasteiger partial charge in [0.1, 0.15) is 5.76 Å². The van der Waals surface area contributed by atoms with E-state index in [1.165, 1.54) is 5.57 Å². The van der Waals surface area contributed by atoms with Crippen LogP contribution >= 0.6 is 0 Å². The first-order chi connectivity index (χ1) is 13.4. The quantitative estimate of drug-likeness (QED) is 0.690. The summed E-state index contributed by atoms with van der Waals surface area (Å²) in [6, 6.07) is 7.34. The summed E-state index contributed by atoms with van der Waals surface area (Å²) in [6.45, 7) is 7.38. The van der Waals surface area contributed by atoms with E-state index in [-0.39, 0.29) is 6.04 Å². The van der Waals surface area contributed by atoms with Gasteiger partial charge in [-0.2, -0.15) is 0 Å². The molecule has 0 radical (unpaired) electrons. The van der Waals surface area contributed by atoms with Crippen LogP contribution in [-0.4, -0.2) is 36.1 Å². The van der Waals surface area contributed by atoms with Crippen LogP contribution in [0.3, 0.4) is 0 Å². The Morgan fingerprint density at radius 2 is 1.96 bits per heavy atom. The van der Waals surface area contributed by atoms with Crippen molar-refractivity contribution in [1.29, 1.82) is 0 Å². The number of anilines is 1. The Labute approximate surface area is 164 Å². The van der Waals surface area contributed by atoms with Gasteiger partial charge in [0, 0.05) is 23.8 Å². The molecule has 2 aromatic rings. The number of nitrogens with one attached hydrogen (secondary N) is 3. The predicted molar refractivity (Wildman–Crippen MR) is 108 cm³/mol. The zero-order valence-electron chi connectivity index (χ0n) is 16.5. The van der Waals surface area contributed by atoms with Crippen LogP contribution in [0.2, 0.25) is 0 Å². The second-order valence-corrected chi connectivity index (χ2v) is 7.10. The average molecular weight is 382 g/mol. The maximum Gasteiger partial charge on any atom is 0.313 e. The van der Waals surface area contributed by atoms with Crippen LogP contribution in [0.15, 0.2) is 34.9 Å². The second kappa shape index (κ2) is 8.84. The molecule has 0 saturated carbocycles. The SMILES string of the molecule is Cc1noc(C)c1CC(C)NC(=O)C(=O)Nc1ccc(C2=CCNCC2)cc1. The smallest absolute Gasteiger partial charge is 0.313 e. The Kier molecular flexibility index (Phi) is 6.26. The van der Waals surface area contributed by atoms with E-state index in [1.54, 1.807) is 0 Å². The van der Waals surface area contributed by atoms with Gasteiger partial charge in [-0.1, -0.05) is 23.4 Å². The van der Waals surface area contributed by atoms with Gasteiger partial charge in [0.15, 0.2) is 0 Å². The van der Waals surface area contributed by atoms with E-state index in [0.717, 1.165) is 42.1 Å². The van der Waals surface area contributed by atoms with Crippen LogP contribution in [0.5, 0.6) is 0 Å². The number of amides is 2. The number of aryl methyl sites for hydroxylation is 2. The van der Waals surface area contributed by atoms with Crippen molar-refractivity contribution in [3.63, 3.8) is 0 Å². The summed E-state index contributed by atoms with van der Waals surface area (Å²) < 4.78 is 5.13. The maximum absolute atomic E-state index is 12.2. The molecule has 3 rings (SSSR count). The fourth-order valence-electron chi connectivity index (χ4n) is 3.28. The number of carbonyl (C=O) groups excluding carboxylic acids is 2. The molecule has 0 saturated heterocycles. The fourth-order valence-corrected chi connectivity index (χ4v) is 3.28. The Bertz CT molecular complexity index is 864. The lowest BCUT2D eigenvalue weighted by Gasteiger charge is -2.15. The predicted octanol–water partition coefficient (Wildman–Crippen LogP) is 2.35. The van der Waals surface area contributed by atoms with Gasteiger partial charge >= 0.3 is 11.8 Å². The van der Waals surface area contributed by atoms with E-state index in [0.29, 0.717) is 12.1 Å². The molecule has 1 aromatic heterocycles. The van der Waals surface area contributed by atoms with Gasteiger partial charge in [0.2, 0.25) is 0 Å². The van der Waals surface area contributed by atoms with Crippen LogP contribution < -0.4 is 16.0 Å². The zero-order valence-corrected chi connectivity index (χ0v) is 16.5. The third kappa shape index (κ3) is 4.86. The molecular weight excluding hydrogens is 356 g/mol. The highest BCUT2D eigenvalue weighted by Gasteiger charge is 2.19. The van der Waals surface area contributed by atoms with E-state index in [9.17, 15) is 9.59 Å². The highest BCUT2D eigenvalue weighted by atomic mass is 16.5. The van der Waals surface area contributed by atoms with Crippen molar-refractivity contribution in [2.45, 2.75) is 39.7 Å². The standard InChI is InChI=1S/C21H26N4O3/c1-13(12-19-14(2)25-28-15(19)3)23-20(26)21(27)24-18-6-4-16(5-7-18)17-8-10-22-11-9-17/h4-8,13,22H,9-12H2,1-3H3,(H,23,26)(H,24,27). The molecule has 148 valence electrons. The van der Waals surface area contributed by atoms with Crippen LogP contribution in [-0.2, 0) is 16.0 Å². The molecule has 0 bridgehead atoms. The van der Waals surface area contributed by atoms with E-state index >= 15 is 0 Å². The number of carbonyl (C=O) groups is 2. The average Bonchev–Trinajstić information content (AvgIpc) is 3.01. The number of nitrogens with zero attached hydrogens (tertiary/aromatic N) is 1. The fraction of sp³-hybridized carbons (Fsp3) is 0.381. The summed E-state index contributed by atoms with van der Waals surface area (Å²) in [5.41, 5.74) is 4.78. The molecular formula is C21H26N4O3. The lowest BCUT2D eigenvalue weighted by Crippen LogP contribution is -2.41. The Hall–Kier alpha value is -2.93. The van der Waals surface area contributed by atoms with E-state index in [2.05, 4.69) is 27.2 Å². The number of aromatic nitrogens is 1. The lowest BCUT2D eigenvalue weighted by atomic mass is 10.0. The topological polar surface area (TPSA) is 96.3 Å². The molecule has 3 N–H and O–H groups in total. The second-order valence-electron chi connectivity index (χ2n) is 7.10. The minimum Gasteiger partial charge on any atom is -0.361 e. The van der Waals surface area contributed by atoms with Gasteiger partial charge in [-0.15, -0.1) is 0 Å². The van der Waals surface area contributed by atoms with Gasteiger partial charge in [-0.05, 0) is 63.4 Å². The van der Waals surface area contributed by atoms with Crippen molar-refractivity contribution in [2.24, 2.45) is 0 Å². The normalized spacial score (nSPS) is 14.9. The number of hydrogen-bond acceptors (Lipinski definition) is 5. The van der Waals surface area contributed by atoms with Gasteiger partial charge in [-0.25, -0.2) is 0 Å². The maximum atomic E-state index is 12.2. The summed E-state index contributed by atoms with van der Waals surface area (Å²) in [6.07, 6.45) is 3.71. The summed E-state index contributed by atoms with van der Waals surface area (Å²) in [7, 11) is 0. The Morgan fingerprint density at radius 1 is 1.21 bits per heavy atom. The van der Waals surface area contributed by atoms with Crippen LogP contribution in [0.1, 0.15) is 35.9 Å². The van der Waals surface area contributed by atoms with Gasteiger partial charge < -0.3 is 20.5 Å². The minimum absolute atomic E-state index is 0.218. The van der Waals surface area contributed by atoms with E-state index < -0.39 is 11.8 Å². The highest BCUT2D eigenvalue weighted by Crippen LogP contribution is 2.21. The first kappa shape index (κ1) is 19.8. The molecule has 1 atom stereocenters. The lowest BCUT2D eigenvalue weighted by molar-refractivity contribution is -0.136. The van der Waals surface area contributed by atoms with Gasteiger partial charge in [0.05, 0.1) is 5.69 Å². The van der Waals surface area contributed by atoms with Gasteiger partial charge in [-0.3, -0.25) is 9.59 Å². The van der Waals surface area contributed by atoms with E-state index in [1.807, 2.05) is 45.0 Å². The van der Waals surface area contributed by atoms with Crippen molar-refractivity contribution in [2.75, 3.05) is 18.4 Å². The molecule has 0 fully saturated rings. The summed E-state index contributed by atoms with van der Waals surface area (Å²) in [4.78, 5) is 24.4. The number of hydrogen-bond donors (Lipinski definition) is 3. The van der Waals surface area contributed by atoms with Crippen LogP contribution in [0.4, 0.5) is 5.69 Å². The van der Waals surface area contributed by atoms with Crippen molar-refractivity contribution in [1.82, 2.24) is 15.8 Å². The Morgan fingerprint density at radius 3 is 2.57 bits per heavy atom. The van der Waals surface area contributed by atoms with Crippen LogP contribution in [0.25, 0.3) is 5.57 Å². The first-order valence-electron chi connectivity index (χ1n) is 9.48. The number of benzene rings is 1. The first-order valence-corrected chi connectivity index (χ1v) is 9.48. The molecule has 28 heavy (non-hydrogen) atoms. The van der Waals surface area contributed by atoms with Crippen LogP contribution in [0, 0.1) is 13.8 Å². The Balaban J connectivity index is 1.53. The van der Waals surface area contributed by atoms with Crippen molar-refractivity contribution >= 4 is 23.1 Å². The number of rotatable bonds is 5. The molecule has 1 unspecified atom stereocenters. The monoisotopic (exact) mass is 382 g/mol. The zero-order chi connectivity index (χ0) is 20.1. The third-order valence-electron chi connectivity index (χ3n) is 4.85. The molecule has 0 spiro atoms. The summed E-state index contributed by atoms with van der Waals surface area (Å²) in [5.74, 6) is -0.615. The van der Waals surface area contributed by atoms with E-state index in [4.69, 9.17) is 4.52 Å². The third-order valence-corrected chi connectivity index (χ3v) is 4.85. The molecule has 7 nitrogen and oxygen atoms in total. The minimum atomic E-state index is -0.681. The van der Waals surface area contributed by atoms with Crippen molar-refractivity contribution in [3.05, 3.63) is 52.9 Å². The molecule has 7 heteroatoms. The molecule has 0 aliphatic carbocycles. The molecule has 1 aromatic carbocycles. The van der Waals surface area contributed by atoms with Crippen molar-refractivity contribution in [3.8, 4) is 0 Å². The largest absolute Gasteiger partial charge is 0.361 e. The molecule has 2 heterocycles. The van der Waals surface area contributed by atoms with Gasteiger partial charge in [0.25, 0.3) is 0 Å². The summed E-state index contributed by atoms with van der Waals surface area (Å²) in [5, 5.41) is 12.6. The molecule has 2 amide bonds.